The van der Waals surface area contributed by atoms with Gasteiger partial charge in [0.15, 0.2) is 0 Å². The van der Waals surface area contributed by atoms with E-state index in [1.807, 2.05) is 26.0 Å². The van der Waals surface area contributed by atoms with Crippen LogP contribution in [0.4, 0.5) is 0 Å². The zero-order valence-electron chi connectivity index (χ0n) is 17.9. The van der Waals surface area contributed by atoms with Crippen molar-refractivity contribution >= 4 is 16.9 Å². The molecule has 0 saturated heterocycles. The SMILES string of the molecule is Cc1ccc(OCC2CC2)c(-c2ncnc3c(C(=O)N[C@H]4CC[C@H](O)C4)c(C)[nH]c23)c1. The van der Waals surface area contributed by atoms with E-state index in [1.54, 1.807) is 0 Å². The summed E-state index contributed by atoms with van der Waals surface area (Å²) in [6.45, 7) is 4.64. The predicted molar refractivity (Wildman–Crippen MR) is 118 cm³/mol. The molecule has 3 aromatic rings. The van der Waals surface area contributed by atoms with Crippen LogP contribution in [0.3, 0.4) is 0 Å². The van der Waals surface area contributed by atoms with Gasteiger partial charge in [0.2, 0.25) is 0 Å². The molecule has 0 unspecified atom stereocenters. The fourth-order valence-corrected chi connectivity index (χ4v) is 4.40. The maximum atomic E-state index is 13.1. The summed E-state index contributed by atoms with van der Waals surface area (Å²) in [5.41, 5.74) is 5.38. The lowest BCUT2D eigenvalue weighted by Gasteiger charge is -2.13. The highest BCUT2D eigenvalue weighted by molar-refractivity contribution is 6.09. The minimum absolute atomic E-state index is 0.00708. The summed E-state index contributed by atoms with van der Waals surface area (Å²) in [5.74, 6) is 1.29. The summed E-state index contributed by atoms with van der Waals surface area (Å²) in [6.07, 6.45) is 5.74. The molecule has 2 atom stereocenters. The first kappa shape index (κ1) is 20.0. The van der Waals surface area contributed by atoms with Crippen LogP contribution in [-0.4, -0.2) is 44.7 Å². The second-order valence-corrected chi connectivity index (χ2v) is 8.96. The van der Waals surface area contributed by atoms with Crippen LogP contribution >= 0.6 is 0 Å². The minimum atomic E-state index is -0.335. The van der Waals surface area contributed by atoms with Crippen molar-refractivity contribution in [3.63, 3.8) is 0 Å². The number of nitrogens with one attached hydrogen (secondary N) is 2. The number of nitrogens with zero attached hydrogens (tertiary/aromatic N) is 2. The predicted octanol–water partition coefficient (Wildman–Crippen LogP) is 3.67. The smallest absolute Gasteiger partial charge is 0.255 e. The number of hydrogen-bond acceptors (Lipinski definition) is 5. The highest BCUT2D eigenvalue weighted by atomic mass is 16.5. The summed E-state index contributed by atoms with van der Waals surface area (Å²) in [4.78, 5) is 25.4. The number of hydrogen-bond donors (Lipinski definition) is 3. The fourth-order valence-electron chi connectivity index (χ4n) is 4.40. The molecule has 1 amide bonds. The van der Waals surface area contributed by atoms with Crippen LogP contribution in [0.5, 0.6) is 5.75 Å². The van der Waals surface area contributed by atoms with Gasteiger partial charge >= 0.3 is 0 Å². The largest absolute Gasteiger partial charge is 0.493 e. The Kier molecular flexibility index (Phi) is 5.14. The molecule has 0 bridgehead atoms. The molecule has 7 nitrogen and oxygen atoms in total. The van der Waals surface area contributed by atoms with E-state index in [4.69, 9.17) is 4.74 Å². The molecule has 2 aliphatic rings. The van der Waals surface area contributed by atoms with E-state index in [9.17, 15) is 9.90 Å². The van der Waals surface area contributed by atoms with Gasteiger partial charge in [0, 0.05) is 17.3 Å². The summed E-state index contributed by atoms with van der Waals surface area (Å²) < 4.78 is 6.13. The first-order chi connectivity index (χ1) is 15.0. The number of aromatic nitrogens is 3. The summed E-state index contributed by atoms with van der Waals surface area (Å²) in [7, 11) is 0. The highest BCUT2D eigenvalue weighted by Crippen LogP contribution is 2.37. The number of aryl methyl sites for hydroxylation is 2. The third-order valence-electron chi connectivity index (χ3n) is 6.30. The van der Waals surface area contributed by atoms with Crippen molar-refractivity contribution in [2.24, 2.45) is 5.92 Å². The molecule has 3 N–H and O–H groups in total. The molecule has 0 radical (unpaired) electrons. The Morgan fingerprint density at radius 3 is 2.81 bits per heavy atom. The molecule has 2 saturated carbocycles. The van der Waals surface area contributed by atoms with Gasteiger partial charge in [-0.15, -0.1) is 0 Å². The molecule has 0 aliphatic heterocycles. The maximum absolute atomic E-state index is 13.1. The zero-order valence-corrected chi connectivity index (χ0v) is 17.9. The summed E-state index contributed by atoms with van der Waals surface area (Å²) >= 11 is 0. The van der Waals surface area contributed by atoms with E-state index >= 15 is 0 Å². The normalized spacial score (nSPS) is 20.9. The molecule has 2 fully saturated rings. The Balaban J connectivity index is 1.52. The molecule has 1 aromatic carbocycles. The highest BCUT2D eigenvalue weighted by Gasteiger charge is 2.28. The van der Waals surface area contributed by atoms with Crippen molar-refractivity contribution in [2.75, 3.05) is 6.61 Å². The van der Waals surface area contributed by atoms with Crippen molar-refractivity contribution < 1.29 is 14.6 Å². The van der Waals surface area contributed by atoms with Gasteiger partial charge in [-0.3, -0.25) is 4.79 Å². The molecule has 7 heteroatoms. The van der Waals surface area contributed by atoms with E-state index < -0.39 is 0 Å². The summed E-state index contributed by atoms with van der Waals surface area (Å²) in [6, 6.07) is 6.10. The maximum Gasteiger partial charge on any atom is 0.255 e. The Hall–Kier alpha value is -2.93. The first-order valence-corrected chi connectivity index (χ1v) is 11.1. The number of ether oxygens (including phenoxy) is 1. The van der Waals surface area contributed by atoms with Gasteiger partial charge in [-0.25, -0.2) is 9.97 Å². The number of aliphatic hydroxyl groups excluding tert-OH is 1. The van der Waals surface area contributed by atoms with E-state index in [-0.39, 0.29) is 18.1 Å². The van der Waals surface area contributed by atoms with Crippen LogP contribution in [0.25, 0.3) is 22.3 Å². The van der Waals surface area contributed by atoms with Gasteiger partial charge in [0.25, 0.3) is 5.91 Å². The van der Waals surface area contributed by atoms with Crippen molar-refractivity contribution in [1.82, 2.24) is 20.3 Å². The van der Waals surface area contributed by atoms with Gasteiger partial charge in [-0.05, 0) is 64.0 Å². The van der Waals surface area contributed by atoms with Gasteiger partial charge in [-0.2, -0.15) is 0 Å². The first-order valence-electron chi connectivity index (χ1n) is 11.1. The number of aliphatic hydroxyl groups is 1. The summed E-state index contributed by atoms with van der Waals surface area (Å²) in [5, 5.41) is 12.8. The molecule has 2 heterocycles. The van der Waals surface area contributed by atoms with Crippen LogP contribution in [0.2, 0.25) is 0 Å². The van der Waals surface area contributed by atoms with E-state index in [0.717, 1.165) is 53.2 Å². The Morgan fingerprint density at radius 2 is 2.06 bits per heavy atom. The molecule has 0 spiro atoms. The number of benzene rings is 1. The number of carbonyl (C=O) groups excluding carboxylic acids is 1. The number of rotatable bonds is 6. The molecule has 2 aliphatic carbocycles. The van der Waals surface area contributed by atoms with Gasteiger partial charge in [-0.1, -0.05) is 11.6 Å². The third kappa shape index (κ3) is 4.02. The topological polar surface area (TPSA) is 100 Å². The second-order valence-electron chi connectivity index (χ2n) is 8.96. The van der Waals surface area contributed by atoms with Gasteiger partial charge < -0.3 is 20.1 Å². The van der Waals surface area contributed by atoms with Gasteiger partial charge in [0.1, 0.15) is 23.3 Å². The number of carbonyl (C=O) groups is 1. The molecule has 5 rings (SSSR count). The molecule has 31 heavy (non-hydrogen) atoms. The Labute approximate surface area is 181 Å². The van der Waals surface area contributed by atoms with Gasteiger partial charge in [0.05, 0.1) is 23.8 Å². The lowest BCUT2D eigenvalue weighted by Crippen LogP contribution is -2.33. The van der Waals surface area contributed by atoms with Crippen LogP contribution < -0.4 is 10.1 Å². The lowest BCUT2D eigenvalue weighted by molar-refractivity contribution is 0.0935. The number of amides is 1. The van der Waals surface area contributed by atoms with Crippen LogP contribution in [0, 0.1) is 19.8 Å². The van der Waals surface area contributed by atoms with Crippen molar-refractivity contribution in [1.29, 1.82) is 0 Å². The molecular weight excluding hydrogens is 392 g/mol. The second kappa shape index (κ2) is 7.96. The number of H-pyrrole nitrogens is 1. The third-order valence-corrected chi connectivity index (χ3v) is 6.30. The zero-order chi connectivity index (χ0) is 21.5. The Bertz CT molecular complexity index is 1140. The van der Waals surface area contributed by atoms with E-state index in [2.05, 4.69) is 26.3 Å². The standard InChI is InChI=1S/C24H28N4O3/c1-13-3-8-19(31-11-15-4-5-15)18(9-13)21-23-22(26-12-25-21)20(14(2)27-23)24(30)28-16-6-7-17(29)10-16/h3,8-9,12,15-17,27,29H,4-7,10-11H2,1-2H3,(H,28,30)/t16-,17-/m0/s1. The number of fused-ring (bicyclic) bond motifs is 1. The average molecular weight is 421 g/mol. The number of aromatic amines is 1. The monoisotopic (exact) mass is 420 g/mol. The minimum Gasteiger partial charge on any atom is -0.493 e. The van der Waals surface area contributed by atoms with Crippen LogP contribution in [-0.2, 0) is 0 Å². The van der Waals surface area contributed by atoms with Crippen LogP contribution in [0.15, 0.2) is 24.5 Å². The molecule has 162 valence electrons. The Morgan fingerprint density at radius 1 is 1.23 bits per heavy atom. The van der Waals surface area contributed by atoms with Crippen LogP contribution in [0.1, 0.15) is 53.7 Å². The van der Waals surface area contributed by atoms with E-state index in [1.165, 1.54) is 19.2 Å². The average Bonchev–Trinajstić information content (AvgIpc) is 3.38. The molecule has 2 aromatic heterocycles. The lowest BCUT2D eigenvalue weighted by atomic mass is 10.1. The quantitative estimate of drug-likeness (QED) is 0.565. The van der Waals surface area contributed by atoms with E-state index in [0.29, 0.717) is 23.4 Å². The van der Waals surface area contributed by atoms with Crippen molar-refractivity contribution in [2.45, 2.75) is 58.1 Å². The fraction of sp³-hybridized carbons (Fsp3) is 0.458. The van der Waals surface area contributed by atoms with Crippen molar-refractivity contribution in [3.05, 3.63) is 41.3 Å². The molecular formula is C24H28N4O3. The van der Waals surface area contributed by atoms with Crippen molar-refractivity contribution in [3.8, 4) is 17.0 Å².